The second-order valence-electron chi connectivity index (χ2n) is 2.78. The molecule has 3 nitrogen and oxygen atoms in total. The molecule has 0 unspecified atom stereocenters. The van der Waals surface area contributed by atoms with Crippen molar-refractivity contribution in [2.75, 3.05) is 11.2 Å². The van der Waals surface area contributed by atoms with Crippen LogP contribution in [-0.4, -0.2) is 0 Å². The van der Waals surface area contributed by atoms with Gasteiger partial charge in [-0.25, -0.2) is 0 Å². The number of nitrogens with two attached hydrogens (primary N) is 2. The predicted molar refractivity (Wildman–Crippen MR) is 52.7 cm³/mol. The first kappa shape index (κ1) is 8.87. The quantitative estimate of drug-likeness (QED) is 0.361. The Morgan fingerprint density at radius 2 is 2.17 bits per heavy atom. The molecule has 0 aromatic heterocycles. The lowest BCUT2D eigenvalue weighted by molar-refractivity contribution is 0.922. The number of aryl methyl sites for hydroxylation is 1. The molecule has 0 aliphatic rings. The molecule has 0 saturated heterocycles. The van der Waals surface area contributed by atoms with Crippen molar-refractivity contribution >= 4 is 11.4 Å². The second-order valence-corrected chi connectivity index (χ2v) is 2.78. The zero-order valence-electron chi connectivity index (χ0n) is 7.30. The number of hydrogen-bond acceptors (Lipinski definition) is 3. The van der Waals surface area contributed by atoms with Crippen LogP contribution in [0.3, 0.4) is 0 Å². The van der Waals surface area contributed by atoms with Gasteiger partial charge in [-0.1, -0.05) is 25.5 Å². The monoisotopic (exact) mass is 165 g/mol. The first-order valence-corrected chi connectivity index (χ1v) is 4.13. The van der Waals surface area contributed by atoms with Crippen LogP contribution in [0.25, 0.3) is 0 Å². The summed E-state index contributed by atoms with van der Waals surface area (Å²) in [5.41, 5.74) is 11.1. The summed E-state index contributed by atoms with van der Waals surface area (Å²) in [6.45, 7) is 2.13. The van der Waals surface area contributed by atoms with E-state index in [4.69, 9.17) is 11.6 Å². The highest BCUT2D eigenvalue weighted by Gasteiger charge is 2.02. The van der Waals surface area contributed by atoms with E-state index in [1.807, 2.05) is 18.2 Å². The van der Waals surface area contributed by atoms with E-state index in [1.54, 1.807) is 0 Å². The molecular formula is C9H15N3. The minimum absolute atomic E-state index is 0.712. The maximum atomic E-state index is 5.72. The molecule has 0 atom stereocenters. The van der Waals surface area contributed by atoms with E-state index < -0.39 is 0 Å². The Morgan fingerprint density at radius 1 is 1.42 bits per heavy atom. The van der Waals surface area contributed by atoms with Gasteiger partial charge in [-0.05, 0) is 18.1 Å². The molecule has 5 N–H and O–H groups in total. The van der Waals surface area contributed by atoms with Gasteiger partial charge in [0, 0.05) is 0 Å². The molecule has 0 radical (unpaired) electrons. The van der Waals surface area contributed by atoms with Gasteiger partial charge in [0.1, 0.15) is 0 Å². The summed E-state index contributed by atoms with van der Waals surface area (Å²) in [5, 5.41) is 0. The van der Waals surface area contributed by atoms with Gasteiger partial charge in [0.2, 0.25) is 0 Å². The molecule has 0 fully saturated rings. The largest absolute Gasteiger partial charge is 0.397 e. The molecule has 1 aromatic rings. The van der Waals surface area contributed by atoms with Crippen LogP contribution < -0.4 is 17.0 Å². The van der Waals surface area contributed by atoms with Crippen LogP contribution in [0.4, 0.5) is 11.4 Å². The maximum Gasteiger partial charge on any atom is 0.0748 e. The van der Waals surface area contributed by atoms with Crippen LogP contribution in [0.15, 0.2) is 18.2 Å². The number of nitrogens with one attached hydrogen (secondary N) is 1. The minimum Gasteiger partial charge on any atom is -0.397 e. The summed E-state index contributed by atoms with van der Waals surface area (Å²) in [6, 6.07) is 5.82. The van der Waals surface area contributed by atoms with Crippen molar-refractivity contribution in [1.82, 2.24) is 0 Å². The van der Waals surface area contributed by atoms with Gasteiger partial charge in [0.05, 0.1) is 11.4 Å². The Labute approximate surface area is 72.7 Å². The third kappa shape index (κ3) is 1.68. The number of anilines is 2. The van der Waals surface area contributed by atoms with Crippen LogP contribution in [0.2, 0.25) is 0 Å². The van der Waals surface area contributed by atoms with Gasteiger partial charge < -0.3 is 11.2 Å². The summed E-state index contributed by atoms with van der Waals surface area (Å²) in [7, 11) is 0. The van der Waals surface area contributed by atoms with Gasteiger partial charge in [0.25, 0.3) is 0 Å². The van der Waals surface area contributed by atoms with E-state index in [0.29, 0.717) is 5.69 Å². The summed E-state index contributed by atoms with van der Waals surface area (Å²) in [6.07, 6.45) is 2.10. The highest BCUT2D eigenvalue weighted by Crippen LogP contribution is 2.23. The summed E-state index contributed by atoms with van der Waals surface area (Å²) >= 11 is 0. The van der Waals surface area contributed by atoms with E-state index in [2.05, 4.69) is 12.3 Å². The molecule has 0 aliphatic heterocycles. The Bertz CT molecular complexity index is 258. The van der Waals surface area contributed by atoms with Crippen molar-refractivity contribution < 1.29 is 0 Å². The molecule has 12 heavy (non-hydrogen) atoms. The number of hydrazine groups is 1. The van der Waals surface area contributed by atoms with Gasteiger partial charge in [-0.15, -0.1) is 0 Å². The Hall–Kier alpha value is -1.22. The molecule has 0 spiro atoms. The minimum atomic E-state index is 0.712. The molecule has 0 amide bonds. The van der Waals surface area contributed by atoms with Gasteiger partial charge in [-0.3, -0.25) is 5.84 Å². The van der Waals surface area contributed by atoms with E-state index in [9.17, 15) is 0 Å². The van der Waals surface area contributed by atoms with Gasteiger partial charge in [0.15, 0.2) is 0 Å². The second kappa shape index (κ2) is 3.97. The molecule has 0 saturated carbocycles. The van der Waals surface area contributed by atoms with Crippen molar-refractivity contribution in [1.29, 1.82) is 0 Å². The van der Waals surface area contributed by atoms with Crippen LogP contribution in [0.5, 0.6) is 0 Å². The fourth-order valence-electron chi connectivity index (χ4n) is 1.27. The maximum absolute atomic E-state index is 5.72. The molecule has 0 heterocycles. The number of nitrogen functional groups attached to an aromatic ring is 2. The molecular weight excluding hydrogens is 150 g/mol. The van der Waals surface area contributed by atoms with E-state index in [0.717, 1.165) is 18.5 Å². The van der Waals surface area contributed by atoms with Crippen LogP contribution in [0, 0.1) is 0 Å². The topological polar surface area (TPSA) is 64.1 Å². The van der Waals surface area contributed by atoms with Crippen LogP contribution in [0.1, 0.15) is 18.9 Å². The van der Waals surface area contributed by atoms with Crippen molar-refractivity contribution in [2.45, 2.75) is 19.8 Å². The lowest BCUT2D eigenvalue weighted by Gasteiger charge is -2.09. The fraction of sp³-hybridized carbons (Fsp3) is 0.333. The molecule has 0 bridgehead atoms. The Morgan fingerprint density at radius 3 is 2.75 bits per heavy atom. The third-order valence-corrected chi connectivity index (χ3v) is 1.85. The lowest BCUT2D eigenvalue weighted by Crippen LogP contribution is -2.11. The average Bonchev–Trinajstić information content (AvgIpc) is 2.05. The molecule has 0 aliphatic carbocycles. The summed E-state index contributed by atoms with van der Waals surface area (Å²) in [5.74, 6) is 5.35. The highest BCUT2D eigenvalue weighted by atomic mass is 15.2. The zero-order valence-corrected chi connectivity index (χ0v) is 7.30. The van der Waals surface area contributed by atoms with E-state index in [1.165, 1.54) is 5.56 Å². The van der Waals surface area contributed by atoms with Crippen LogP contribution >= 0.6 is 0 Å². The van der Waals surface area contributed by atoms with Crippen molar-refractivity contribution in [3.8, 4) is 0 Å². The van der Waals surface area contributed by atoms with Crippen molar-refractivity contribution in [3.63, 3.8) is 0 Å². The van der Waals surface area contributed by atoms with Crippen molar-refractivity contribution in [3.05, 3.63) is 23.8 Å². The fourth-order valence-corrected chi connectivity index (χ4v) is 1.27. The van der Waals surface area contributed by atoms with Crippen LogP contribution in [-0.2, 0) is 6.42 Å². The number of benzene rings is 1. The van der Waals surface area contributed by atoms with E-state index >= 15 is 0 Å². The van der Waals surface area contributed by atoms with Crippen molar-refractivity contribution in [2.24, 2.45) is 5.84 Å². The molecule has 66 valence electrons. The molecule has 3 heteroatoms. The first-order chi connectivity index (χ1) is 5.79. The van der Waals surface area contributed by atoms with Gasteiger partial charge >= 0.3 is 0 Å². The zero-order chi connectivity index (χ0) is 8.97. The SMILES string of the molecule is CCCc1cccc(N)c1NN. The van der Waals surface area contributed by atoms with Gasteiger partial charge in [-0.2, -0.15) is 0 Å². The Kier molecular flexibility index (Phi) is 2.94. The first-order valence-electron chi connectivity index (χ1n) is 4.13. The highest BCUT2D eigenvalue weighted by molar-refractivity contribution is 5.69. The number of rotatable bonds is 3. The smallest absolute Gasteiger partial charge is 0.0748 e. The average molecular weight is 165 g/mol. The summed E-state index contributed by atoms with van der Waals surface area (Å²) < 4.78 is 0. The number of hydrogen-bond donors (Lipinski definition) is 3. The van der Waals surface area contributed by atoms with E-state index in [-0.39, 0.29) is 0 Å². The number of para-hydroxylation sites is 1. The summed E-state index contributed by atoms with van der Waals surface area (Å²) in [4.78, 5) is 0. The molecule has 1 rings (SSSR count). The standard InChI is InChI=1S/C9H15N3/c1-2-4-7-5-3-6-8(10)9(7)12-11/h3,5-6,12H,2,4,10-11H2,1H3. The lowest BCUT2D eigenvalue weighted by atomic mass is 10.1. The predicted octanol–water partition coefficient (Wildman–Crippen LogP) is 1.51. The molecule has 1 aromatic carbocycles. The third-order valence-electron chi connectivity index (χ3n) is 1.85. The Balaban J connectivity index is 3.00. The normalized spacial score (nSPS) is 9.83.